The number of β-amino-alcohol motifs (C(OH)–C–C–N with tert-alkyl or cyclic N) is 1. The number of nitrogens with one attached hydrogen (secondary N) is 3. The number of ether oxygens (including phenoxy) is 2. The number of amides is 2. The fraction of sp³-hybridized carbons (Fsp3) is 0.435. The summed E-state index contributed by atoms with van der Waals surface area (Å²) in [6.07, 6.45) is 6.37. The van der Waals surface area contributed by atoms with E-state index in [1.54, 1.807) is 12.4 Å². The molecule has 14 heteroatoms. The second-order valence-electron chi connectivity index (χ2n) is 16.3. The quantitative estimate of drug-likeness (QED) is 0.116. The van der Waals surface area contributed by atoms with E-state index in [0.29, 0.717) is 55.7 Å². The molecule has 5 aromatic rings. The van der Waals surface area contributed by atoms with Crippen LogP contribution in [0.5, 0.6) is 11.6 Å². The summed E-state index contributed by atoms with van der Waals surface area (Å²) in [5, 5.41) is 15.6. The minimum Gasteiger partial charge on any atom is -0.438 e. The van der Waals surface area contributed by atoms with Crippen molar-refractivity contribution in [2.45, 2.75) is 70.2 Å². The number of carbonyl (C=O) groups is 2. The number of pyridine rings is 1. The lowest BCUT2D eigenvalue weighted by Crippen LogP contribution is -2.44. The van der Waals surface area contributed by atoms with Gasteiger partial charge in [0.2, 0.25) is 5.88 Å². The van der Waals surface area contributed by atoms with E-state index < -0.39 is 11.7 Å². The number of rotatable bonds is 13. The summed E-state index contributed by atoms with van der Waals surface area (Å²) in [4.78, 5) is 45.7. The zero-order valence-electron chi connectivity index (χ0n) is 34.2. The monoisotopic (exact) mass is 818 g/mol. The van der Waals surface area contributed by atoms with Gasteiger partial charge in [0.25, 0.3) is 11.8 Å². The van der Waals surface area contributed by atoms with E-state index in [1.807, 2.05) is 30.3 Å². The number of aromatic amines is 1. The fourth-order valence-corrected chi connectivity index (χ4v) is 8.75. The van der Waals surface area contributed by atoms with Crippen LogP contribution in [0.2, 0.25) is 0 Å². The van der Waals surface area contributed by atoms with Crippen LogP contribution in [0.15, 0.2) is 79.3 Å². The van der Waals surface area contributed by atoms with Gasteiger partial charge in [-0.25, -0.2) is 14.4 Å². The summed E-state index contributed by atoms with van der Waals surface area (Å²) in [6.45, 7) is 10.9. The number of aliphatic hydroxyl groups is 1. The minimum absolute atomic E-state index is 0.0160. The van der Waals surface area contributed by atoms with Gasteiger partial charge in [0.1, 0.15) is 22.6 Å². The van der Waals surface area contributed by atoms with Crippen molar-refractivity contribution in [3.05, 3.63) is 107 Å². The second-order valence-corrected chi connectivity index (χ2v) is 16.3. The van der Waals surface area contributed by atoms with Gasteiger partial charge < -0.3 is 30.2 Å². The molecule has 2 aromatic heterocycles. The van der Waals surface area contributed by atoms with Gasteiger partial charge in [0, 0.05) is 57.4 Å². The Morgan fingerprint density at radius 3 is 2.45 bits per heavy atom. The maximum Gasteiger partial charge on any atom is 0.257 e. The zero-order valence-corrected chi connectivity index (χ0v) is 34.2. The van der Waals surface area contributed by atoms with Crippen molar-refractivity contribution in [3.8, 4) is 22.8 Å². The van der Waals surface area contributed by atoms with Crippen LogP contribution in [0.4, 0.5) is 4.39 Å². The van der Waals surface area contributed by atoms with E-state index in [9.17, 15) is 19.1 Å². The number of aliphatic hydroxyl groups excluding tert-OH is 1. The van der Waals surface area contributed by atoms with Crippen molar-refractivity contribution in [2.75, 3.05) is 59.1 Å². The Kier molecular flexibility index (Phi) is 13.4. The molecule has 2 amide bonds. The predicted octanol–water partition coefficient (Wildman–Crippen LogP) is 5.75. The van der Waals surface area contributed by atoms with Gasteiger partial charge in [0.15, 0.2) is 0 Å². The third kappa shape index (κ3) is 10.2. The number of carbonyl (C=O) groups excluding carboxylic acids is 2. The van der Waals surface area contributed by atoms with E-state index in [1.165, 1.54) is 11.1 Å². The first-order valence-corrected chi connectivity index (χ1v) is 21.3. The standard InChI is InChI=1S/C46H55FN8O5/c1-31-29-59-22-20-55(31)28-34-23-32(27-54-16-4-15-53(17-18-54)19-21-56)9-14-39(34)33-5-2-6-38(24-33)60-46-41(25-35(47)26-48-46)45(58)52-37-12-10-36(11-13-37)51-44(57)40-7-3-8-42-43(40)50-30-49-42/h2-3,5-9,14,23-26,30-31,36-37,56H,4,10-13,15-22,27-29H2,1H3,(H,49,50)(H,51,57)(H,52,58)/t31-,36-,37-/m0/s1. The SMILES string of the molecule is C[C@H]1COCCN1Cc1cc(CN2CCCN(CCO)CC2)ccc1-c1cccc(Oc2ncc(F)cc2C(=O)N[C@H]2CC[C@H](NC(=O)c3cccc4[nH]cnc34)CC2)c1. The van der Waals surface area contributed by atoms with E-state index in [0.717, 1.165) is 87.7 Å². The van der Waals surface area contributed by atoms with Crippen LogP contribution in [0.25, 0.3) is 22.2 Å². The lowest BCUT2D eigenvalue weighted by atomic mass is 9.90. The van der Waals surface area contributed by atoms with E-state index in [4.69, 9.17) is 9.47 Å². The molecule has 2 saturated heterocycles. The zero-order chi connectivity index (χ0) is 41.4. The molecule has 0 bridgehead atoms. The number of nitrogens with zero attached hydrogens (tertiary/aromatic N) is 5. The molecule has 13 nitrogen and oxygen atoms in total. The average Bonchev–Trinajstić information content (AvgIpc) is 3.64. The van der Waals surface area contributed by atoms with Crippen LogP contribution in [-0.2, 0) is 17.8 Å². The molecular formula is C46H55FN8O5. The Balaban J connectivity index is 0.942. The molecule has 316 valence electrons. The molecular weight excluding hydrogens is 764 g/mol. The van der Waals surface area contributed by atoms with Crippen molar-refractivity contribution in [3.63, 3.8) is 0 Å². The van der Waals surface area contributed by atoms with Crippen molar-refractivity contribution in [2.24, 2.45) is 0 Å². The number of fused-ring (bicyclic) bond motifs is 1. The first-order chi connectivity index (χ1) is 29.3. The number of para-hydroxylation sites is 1. The number of imidazole rings is 1. The van der Waals surface area contributed by atoms with Gasteiger partial charge in [-0.05, 0) is 105 Å². The van der Waals surface area contributed by atoms with E-state index >= 15 is 0 Å². The summed E-state index contributed by atoms with van der Waals surface area (Å²) in [5.74, 6) is -0.771. The molecule has 1 saturated carbocycles. The van der Waals surface area contributed by atoms with Gasteiger partial charge in [-0.15, -0.1) is 0 Å². The highest BCUT2D eigenvalue weighted by molar-refractivity contribution is 6.04. The topological polar surface area (TPSA) is 148 Å². The van der Waals surface area contributed by atoms with Crippen LogP contribution in [0, 0.1) is 5.82 Å². The molecule has 1 aliphatic carbocycles. The number of aromatic nitrogens is 3. The number of halogens is 1. The second kappa shape index (κ2) is 19.4. The molecule has 3 fully saturated rings. The summed E-state index contributed by atoms with van der Waals surface area (Å²) in [7, 11) is 0. The summed E-state index contributed by atoms with van der Waals surface area (Å²) >= 11 is 0. The van der Waals surface area contributed by atoms with E-state index in [2.05, 4.69) is 71.5 Å². The predicted molar refractivity (Wildman–Crippen MR) is 227 cm³/mol. The smallest absolute Gasteiger partial charge is 0.257 e. The first-order valence-electron chi connectivity index (χ1n) is 21.3. The van der Waals surface area contributed by atoms with E-state index in [-0.39, 0.29) is 42.1 Å². The molecule has 8 rings (SSSR count). The third-order valence-electron chi connectivity index (χ3n) is 12.1. The van der Waals surface area contributed by atoms with Crippen molar-refractivity contribution >= 4 is 22.8 Å². The Morgan fingerprint density at radius 2 is 1.65 bits per heavy atom. The molecule has 3 aromatic carbocycles. The van der Waals surface area contributed by atoms with Crippen molar-refractivity contribution in [1.29, 1.82) is 0 Å². The van der Waals surface area contributed by atoms with Crippen LogP contribution in [0.3, 0.4) is 0 Å². The van der Waals surface area contributed by atoms with Crippen LogP contribution in [0.1, 0.15) is 70.9 Å². The molecule has 0 unspecified atom stereocenters. The largest absolute Gasteiger partial charge is 0.438 e. The minimum atomic E-state index is -0.635. The number of hydrogen-bond donors (Lipinski definition) is 4. The number of benzene rings is 3. The average molecular weight is 819 g/mol. The highest BCUT2D eigenvalue weighted by Crippen LogP contribution is 2.33. The summed E-state index contributed by atoms with van der Waals surface area (Å²) in [6, 6.07) is 21.2. The molecule has 60 heavy (non-hydrogen) atoms. The molecule has 4 N–H and O–H groups in total. The molecule has 1 atom stereocenters. The lowest BCUT2D eigenvalue weighted by molar-refractivity contribution is -0.00431. The van der Waals surface area contributed by atoms with Gasteiger partial charge in [-0.1, -0.05) is 36.4 Å². The van der Waals surface area contributed by atoms with Gasteiger partial charge in [-0.2, -0.15) is 0 Å². The van der Waals surface area contributed by atoms with Gasteiger partial charge >= 0.3 is 0 Å². The maximum absolute atomic E-state index is 14.6. The number of H-pyrrole nitrogens is 1. The highest BCUT2D eigenvalue weighted by Gasteiger charge is 2.27. The first kappa shape index (κ1) is 41.5. The molecule has 2 aliphatic heterocycles. The van der Waals surface area contributed by atoms with Crippen LogP contribution in [-0.4, -0.2) is 124 Å². The summed E-state index contributed by atoms with van der Waals surface area (Å²) in [5.41, 5.74) is 6.48. The van der Waals surface area contributed by atoms with Crippen molar-refractivity contribution < 1.29 is 28.6 Å². The Morgan fingerprint density at radius 1 is 0.883 bits per heavy atom. The maximum atomic E-state index is 14.6. The van der Waals surface area contributed by atoms with Crippen LogP contribution >= 0.6 is 0 Å². The van der Waals surface area contributed by atoms with Gasteiger partial charge in [-0.3, -0.25) is 24.3 Å². The highest BCUT2D eigenvalue weighted by atomic mass is 19.1. The fourth-order valence-electron chi connectivity index (χ4n) is 8.75. The molecule has 3 aliphatic rings. The normalized spacial score (nSPS) is 20.8. The number of morpholine rings is 1. The molecule has 4 heterocycles. The molecule has 0 spiro atoms. The van der Waals surface area contributed by atoms with Crippen molar-refractivity contribution in [1.82, 2.24) is 40.3 Å². The van der Waals surface area contributed by atoms with Crippen LogP contribution < -0.4 is 15.4 Å². The summed E-state index contributed by atoms with van der Waals surface area (Å²) < 4.78 is 26.7. The Bertz CT molecular complexity index is 2260. The number of hydrogen-bond acceptors (Lipinski definition) is 10. The Hall–Kier alpha value is -5.25. The Labute approximate surface area is 350 Å². The lowest BCUT2D eigenvalue weighted by Gasteiger charge is -2.34. The molecule has 0 radical (unpaired) electrons. The third-order valence-corrected chi connectivity index (χ3v) is 12.1. The van der Waals surface area contributed by atoms with Gasteiger partial charge in [0.05, 0.1) is 43.4 Å².